The highest BCUT2D eigenvalue weighted by Gasteiger charge is 2.18. The summed E-state index contributed by atoms with van der Waals surface area (Å²) in [5.74, 6) is 3.41. The van der Waals surface area contributed by atoms with Gasteiger partial charge in [0.15, 0.2) is 17.3 Å². The first-order valence-corrected chi connectivity index (χ1v) is 10.4. The number of nitrogens with zero attached hydrogens (tertiary/aromatic N) is 3. The number of thioether (sulfide) groups is 1. The van der Waals surface area contributed by atoms with Crippen LogP contribution < -0.4 is 14.2 Å². The Morgan fingerprint density at radius 1 is 0.935 bits per heavy atom. The third-order valence-corrected chi connectivity index (χ3v) is 5.34. The van der Waals surface area contributed by atoms with Gasteiger partial charge in [-0.3, -0.25) is 0 Å². The molecule has 31 heavy (non-hydrogen) atoms. The second-order valence-corrected chi connectivity index (χ2v) is 7.57. The summed E-state index contributed by atoms with van der Waals surface area (Å²) in [7, 11) is 4.64. The molecule has 0 unspecified atom stereocenters. The minimum atomic E-state index is 0.328. The van der Waals surface area contributed by atoms with E-state index in [-0.39, 0.29) is 0 Å². The van der Waals surface area contributed by atoms with Gasteiger partial charge in [0.2, 0.25) is 17.5 Å². The lowest BCUT2D eigenvalue weighted by Gasteiger charge is -2.12. The zero-order valence-corrected chi connectivity index (χ0v) is 18.5. The Hall–Kier alpha value is -3.17. The molecule has 0 N–H and O–H groups in total. The maximum atomic E-state index is 6.03. The first kappa shape index (κ1) is 21.1. The number of rotatable bonds is 8. The van der Waals surface area contributed by atoms with Crippen molar-refractivity contribution in [1.82, 2.24) is 15.2 Å². The van der Waals surface area contributed by atoms with Crippen molar-refractivity contribution in [3.63, 3.8) is 0 Å². The van der Waals surface area contributed by atoms with Crippen molar-refractivity contribution >= 4 is 23.4 Å². The second-order valence-electron chi connectivity index (χ2n) is 6.20. The minimum Gasteiger partial charge on any atom is -0.493 e. The molecule has 0 saturated heterocycles. The van der Waals surface area contributed by atoms with Crippen molar-refractivity contribution in [3.8, 4) is 40.0 Å². The molecule has 0 saturated carbocycles. The third kappa shape index (κ3) is 4.62. The lowest BCUT2D eigenvalue weighted by Crippen LogP contribution is -1.95. The summed E-state index contributed by atoms with van der Waals surface area (Å²) in [5.41, 5.74) is 1.51. The van der Waals surface area contributed by atoms with Crippen LogP contribution in [0.3, 0.4) is 0 Å². The highest BCUT2D eigenvalue weighted by molar-refractivity contribution is 7.98. The quantitative estimate of drug-likeness (QED) is 0.322. The zero-order chi connectivity index (χ0) is 21.8. The first-order valence-electron chi connectivity index (χ1n) is 9.08. The van der Waals surface area contributed by atoms with Crippen LogP contribution in [0.5, 0.6) is 17.2 Å². The van der Waals surface area contributed by atoms with E-state index in [2.05, 4.69) is 15.2 Å². The van der Waals surface area contributed by atoms with Gasteiger partial charge >= 0.3 is 0 Å². The maximum Gasteiger partial charge on any atom is 0.277 e. The first-order chi connectivity index (χ1) is 15.1. The average molecular weight is 460 g/mol. The normalized spacial score (nSPS) is 10.8. The van der Waals surface area contributed by atoms with Gasteiger partial charge in [0.1, 0.15) is 0 Å². The Morgan fingerprint density at radius 2 is 1.71 bits per heavy atom. The van der Waals surface area contributed by atoms with Crippen LogP contribution in [0.4, 0.5) is 0 Å². The minimum absolute atomic E-state index is 0.328. The van der Waals surface area contributed by atoms with Gasteiger partial charge in [0, 0.05) is 16.1 Å². The van der Waals surface area contributed by atoms with Gasteiger partial charge in [0.25, 0.3) is 5.22 Å². The highest BCUT2D eigenvalue weighted by Crippen LogP contribution is 2.41. The van der Waals surface area contributed by atoms with Crippen molar-refractivity contribution < 1.29 is 23.0 Å². The van der Waals surface area contributed by atoms with E-state index in [0.717, 1.165) is 5.56 Å². The van der Waals surface area contributed by atoms with Gasteiger partial charge < -0.3 is 23.0 Å². The molecule has 2 aromatic heterocycles. The molecular formula is C21H18ClN3O5S. The van der Waals surface area contributed by atoms with E-state index in [0.29, 0.717) is 56.4 Å². The summed E-state index contributed by atoms with van der Waals surface area (Å²) >= 11 is 7.35. The summed E-state index contributed by atoms with van der Waals surface area (Å²) in [6.07, 6.45) is 1.66. The highest BCUT2D eigenvalue weighted by atomic mass is 35.5. The molecule has 0 aliphatic heterocycles. The molecule has 2 aromatic carbocycles. The Labute approximate surface area is 187 Å². The second kappa shape index (κ2) is 9.32. The predicted octanol–water partition coefficient (Wildman–Crippen LogP) is 5.36. The van der Waals surface area contributed by atoms with Gasteiger partial charge in [-0.25, -0.2) is 4.98 Å². The number of benzene rings is 2. The maximum absolute atomic E-state index is 6.03. The van der Waals surface area contributed by atoms with Crippen LogP contribution in [0.25, 0.3) is 22.8 Å². The van der Waals surface area contributed by atoms with E-state index in [9.17, 15) is 0 Å². The molecular weight excluding hydrogens is 442 g/mol. The molecule has 0 bridgehead atoms. The number of methoxy groups -OCH3 is 3. The Kier molecular flexibility index (Phi) is 6.34. The van der Waals surface area contributed by atoms with Crippen molar-refractivity contribution in [2.24, 2.45) is 0 Å². The fourth-order valence-electron chi connectivity index (χ4n) is 2.86. The van der Waals surface area contributed by atoms with Crippen LogP contribution in [-0.4, -0.2) is 36.5 Å². The van der Waals surface area contributed by atoms with Gasteiger partial charge in [0.05, 0.1) is 33.3 Å². The van der Waals surface area contributed by atoms with Gasteiger partial charge in [-0.15, -0.1) is 10.2 Å². The number of aromatic nitrogens is 3. The Morgan fingerprint density at radius 3 is 2.39 bits per heavy atom. The van der Waals surface area contributed by atoms with Gasteiger partial charge in [-0.1, -0.05) is 35.5 Å². The van der Waals surface area contributed by atoms with E-state index < -0.39 is 0 Å². The largest absolute Gasteiger partial charge is 0.493 e. The molecule has 0 amide bonds. The monoisotopic (exact) mass is 459 g/mol. The molecule has 4 aromatic rings. The molecule has 0 radical (unpaired) electrons. The number of halogens is 1. The molecule has 0 aliphatic rings. The lowest BCUT2D eigenvalue weighted by atomic mass is 10.2. The molecule has 0 spiro atoms. The number of oxazole rings is 1. The fraction of sp³-hybridized carbons (Fsp3) is 0.190. The SMILES string of the molecule is COc1cc(-c2nnc(SCc3ncc(-c4cccc(Cl)c4)o3)o2)cc(OC)c1OC. The number of hydrogen-bond acceptors (Lipinski definition) is 9. The average Bonchev–Trinajstić information content (AvgIpc) is 3.46. The van der Waals surface area contributed by atoms with Crippen molar-refractivity contribution in [3.05, 3.63) is 53.5 Å². The van der Waals surface area contributed by atoms with Crippen LogP contribution >= 0.6 is 23.4 Å². The van der Waals surface area contributed by atoms with Crippen LogP contribution in [0.2, 0.25) is 5.02 Å². The van der Waals surface area contributed by atoms with E-state index in [1.807, 2.05) is 18.2 Å². The fourth-order valence-corrected chi connectivity index (χ4v) is 3.67. The lowest BCUT2D eigenvalue weighted by molar-refractivity contribution is 0.324. The molecule has 8 nitrogen and oxygen atoms in total. The third-order valence-electron chi connectivity index (χ3n) is 4.30. The van der Waals surface area contributed by atoms with Gasteiger partial charge in [-0.2, -0.15) is 0 Å². The topological polar surface area (TPSA) is 92.6 Å². The molecule has 160 valence electrons. The van der Waals surface area contributed by atoms with Crippen molar-refractivity contribution in [2.75, 3.05) is 21.3 Å². The van der Waals surface area contributed by atoms with E-state index in [4.69, 9.17) is 34.6 Å². The van der Waals surface area contributed by atoms with Crippen molar-refractivity contribution in [2.45, 2.75) is 11.0 Å². The van der Waals surface area contributed by atoms with Crippen LogP contribution in [-0.2, 0) is 5.75 Å². The number of ether oxygens (including phenoxy) is 3. The Balaban J connectivity index is 1.48. The van der Waals surface area contributed by atoms with Gasteiger partial charge in [-0.05, 0) is 24.3 Å². The smallest absolute Gasteiger partial charge is 0.277 e. The van der Waals surface area contributed by atoms with E-state index >= 15 is 0 Å². The summed E-state index contributed by atoms with van der Waals surface area (Å²) in [6, 6.07) is 10.9. The zero-order valence-electron chi connectivity index (χ0n) is 16.9. The molecule has 0 aliphatic carbocycles. The summed E-state index contributed by atoms with van der Waals surface area (Å²) in [5, 5.41) is 9.21. The van der Waals surface area contributed by atoms with Crippen LogP contribution in [0, 0.1) is 0 Å². The summed E-state index contributed by atoms with van der Waals surface area (Å²) in [4.78, 5) is 4.30. The molecule has 0 atom stereocenters. The number of hydrogen-bond donors (Lipinski definition) is 0. The predicted molar refractivity (Wildman–Crippen MR) is 116 cm³/mol. The van der Waals surface area contributed by atoms with Crippen molar-refractivity contribution in [1.29, 1.82) is 0 Å². The standard InChI is InChI=1S/C21H18ClN3O5S/c1-26-15-8-13(9-16(27-2)19(15)28-3)20-24-25-21(30-20)31-11-18-23-10-17(29-18)12-5-4-6-14(22)7-12/h4-10H,11H2,1-3H3. The summed E-state index contributed by atoms with van der Waals surface area (Å²) < 4.78 is 27.6. The molecule has 0 fully saturated rings. The summed E-state index contributed by atoms with van der Waals surface area (Å²) in [6.45, 7) is 0. The molecule has 4 rings (SSSR count). The molecule has 10 heteroatoms. The van der Waals surface area contributed by atoms with Crippen LogP contribution in [0.1, 0.15) is 5.89 Å². The Bertz CT molecular complexity index is 1170. The van der Waals surface area contributed by atoms with Crippen LogP contribution in [0.15, 0.2) is 56.7 Å². The van der Waals surface area contributed by atoms with E-state index in [1.54, 1.807) is 45.7 Å². The van der Waals surface area contributed by atoms with E-state index in [1.165, 1.54) is 11.8 Å². The molecule has 2 heterocycles.